The minimum atomic E-state index is -0.485. The Balaban J connectivity index is 2.01. The molecule has 18 heavy (non-hydrogen) atoms. The van der Waals surface area contributed by atoms with Crippen molar-refractivity contribution in [2.45, 2.75) is 32.0 Å². The maximum atomic E-state index is 13.3. The SMILES string of the molecule is Cc1c(F)cccc1NC(=O)[C@@H]1CC[C@H](CN)O1. The van der Waals surface area contributed by atoms with Crippen LogP contribution in [0.2, 0.25) is 0 Å². The van der Waals surface area contributed by atoms with Gasteiger partial charge in [-0.1, -0.05) is 6.07 Å². The highest BCUT2D eigenvalue weighted by Crippen LogP contribution is 2.22. The highest BCUT2D eigenvalue weighted by atomic mass is 19.1. The minimum Gasteiger partial charge on any atom is -0.364 e. The molecule has 1 aromatic rings. The zero-order valence-corrected chi connectivity index (χ0v) is 10.3. The second kappa shape index (κ2) is 5.46. The van der Waals surface area contributed by atoms with E-state index in [-0.39, 0.29) is 17.8 Å². The number of benzene rings is 1. The van der Waals surface area contributed by atoms with Gasteiger partial charge in [-0.25, -0.2) is 4.39 Å². The van der Waals surface area contributed by atoms with E-state index in [9.17, 15) is 9.18 Å². The Morgan fingerprint density at radius 3 is 3.00 bits per heavy atom. The molecular weight excluding hydrogens is 235 g/mol. The lowest BCUT2D eigenvalue weighted by molar-refractivity contribution is -0.126. The van der Waals surface area contributed by atoms with Crippen molar-refractivity contribution in [2.75, 3.05) is 11.9 Å². The topological polar surface area (TPSA) is 64.4 Å². The van der Waals surface area contributed by atoms with Crippen LogP contribution in [0.1, 0.15) is 18.4 Å². The summed E-state index contributed by atoms with van der Waals surface area (Å²) in [7, 11) is 0. The first-order valence-electron chi connectivity index (χ1n) is 6.03. The molecule has 0 unspecified atom stereocenters. The van der Waals surface area contributed by atoms with Crippen LogP contribution in [0.15, 0.2) is 18.2 Å². The highest BCUT2D eigenvalue weighted by Gasteiger charge is 2.30. The number of amides is 1. The summed E-state index contributed by atoms with van der Waals surface area (Å²) in [4.78, 5) is 11.9. The molecule has 1 aliphatic rings. The molecule has 1 heterocycles. The van der Waals surface area contributed by atoms with Gasteiger partial charge in [0.25, 0.3) is 5.91 Å². The van der Waals surface area contributed by atoms with E-state index in [0.717, 1.165) is 6.42 Å². The van der Waals surface area contributed by atoms with Crippen molar-refractivity contribution in [1.82, 2.24) is 0 Å². The van der Waals surface area contributed by atoms with E-state index >= 15 is 0 Å². The molecule has 0 aliphatic carbocycles. The molecule has 3 N–H and O–H groups in total. The summed E-state index contributed by atoms with van der Waals surface area (Å²) in [5.74, 6) is -0.570. The van der Waals surface area contributed by atoms with E-state index in [2.05, 4.69) is 5.32 Å². The first-order chi connectivity index (χ1) is 8.61. The second-order valence-corrected chi connectivity index (χ2v) is 4.46. The first-order valence-corrected chi connectivity index (χ1v) is 6.03. The number of hydrogen-bond donors (Lipinski definition) is 2. The molecule has 98 valence electrons. The first kappa shape index (κ1) is 13.0. The van der Waals surface area contributed by atoms with E-state index in [1.54, 1.807) is 19.1 Å². The molecule has 0 bridgehead atoms. The molecule has 2 rings (SSSR count). The fraction of sp³-hybridized carbons (Fsp3) is 0.462. The summed E-state index contributed by atoms with van der Waals surface area (Å²) >= 11 is 0. The molecule has 5 heteroatoms. The molecule has 0 radical (unpaired) electrons. The Hall–Kier alpha value is -1.46. The lowest BCUT2D eigenvalue weighted by Gasteiger charge is -2.14. The third kappa shape index (κ3) is 2.68. The number of nitrogens with two attached hydrogens (primary N) is 1. The van der Waals surface area contributed by atoms with Gasteiger partial charge in [-0.3, -0.25) is 4.79 Å². The van der Waals surface area contributed by atoms with Gasteiger partial charge < -0.3 is 15.8 Å². The molecule has 1 aromatic carbocycles. The van der Waals surface area contributed by atoms with Gasteiger partial charge in [0.2, 0.25) is 0 Å². The molecule has 0 aromatic heterocycles. The molecule has 1 fully saturated rings. The van der Waals surface area contributed by atoms with E-state index in [4.69, 9.17) is 10.5 Å². The average Bonchev–Trinajstić information content (AvgIpc) is 2.83. The van der Waals surface area contributed by atoms with Gasteiger partial charge in [0.05, 0.1) is 6.10 Å². The number of carbonyl (C=O) groups is 1. The van der Waals surface area contributed by atoms with Crippen molar-refractivity contribution in [3.05, 3.63) is 29.6 Å². The van der Waals surface area contributed by atoms with E-state index in [1.165, 1.54) is 6.07 Å². The maximum Gasteiger partial charge on any atom is 0.253 e. The Kier molecular flexibility index (Phi) is 3.93. The highest BCUT2D eigenvalue weighted by molar-refractivity contribution is 5.95. The van der Waals surface area contributed by atoms with Crippen LogP contribution in [0, 0.1) is 12.7 Å². The number of rotatable bonds is 3. The summed E-state index contributed by atoms with van der Waals surface area (Å²) in [6, 6.07) is 4.60. The lowest BCUT2D eigenvalue weighted by Crippen LogP contribution is -2.30. The third-order valence-corrected chi connectivity index (χ3v) is 3.19. The van der Waals surface area contributed by atoms with Gasteiger partial charge in [0, 0.05) is 17.8 Å². The molecular formula is C13H17FN2O2. The van der Waals surface area contributed by atoms with Gasteiger partial charge >= 0.3 is 0 Å². The number of hydrogen-bond acceptors (Lipinski definition) is 3. The van der Waals surface area contributed by atoms with E-state index < -0.39 is 6.10 Å². The molecule has 1 saturated heterocycles. The lowest BCUT2D eigenvalue weighted by atomic mass is 10.1. The molecule has 1 amide bonds. The Labute approximate surface area is 105 Å². The standard InChI is InChI=1S/C13H17FN2O2/c1-8-10(14)3-2-4-11(8)16-13(17)12-6-5-9(7-15)18-12/h2-4,9,12H,5-7,15H2,1H3,(H,16,17)/t9-,12+/m1/s1. The number of anilines is 1. The molecule has 1 aliphatic heterocycles. The maximum absolute atomic E-state index is 13.3. The predicted octanol–water partition coefficient (Wildman–Crippen LogP) is 1.58. The van der Waals surface area contributed by atoms with Crippen LogP contribution in [-0.4, -0.2) is 24.7 Å². The molecule has 2 atom stereocenters. The minimum absolute atomic E-state index is 0.0469. The quantitative estimate of drug-likeness (QED) is 0.858. The normalized spacial score (nSPS) is 23.1. The third-order valence-electron chi connectivity index (χ3n) is 3.19. The van der Waals surface area contributed by atoms with Crippen LogP contribution in [0.25, 0.3) is 0 Å². The number of nitrogens with one attached hydrogen (secondary N) is 1. The summed E-state index contributed by atoms with van der Waals surface area (Å²) in [5, 5.41) is 2.69. The Morgan fingerprint density at radius 1 is 1.56 bits per heavy atom. The zero-order chi connectivity index (χ0) is 13.1. The van der Waals surface area contributed by atoms with Crippen LogP contribution < -0.4 is 11.1 Å². The van der Waals surface area contributed by atoms with Crippen molar-refractivity contribution in [2.24, 2.45) is 5.73 Å². The van der Waals surface area contributed by atoms with Crippen LogP contribution in [0.5, 0.6) is 0 Å². The fourth-order valence-electron chi connectivity index (χ4n) is 2.03. The van der Waals surface area contributed by atoms with Crippen LogP contribution in [-0.2, 0) is 9.53 Å². The van der Waals surface area contributed by atoms with Crippen molar-refractivity contribution < 1.29 is 13.9 Å². The predicted molar refractivity (Wildman–Crippen MR) is 66.7 cm³/mol. The summed E-state index contributed by atoms with van der Waals surface area (Å²) in [6.45, 7) is 2.05. The van der Waals surface area contributed by atoms with Crippen LogP contribution >= 0.6 is 0 Å². The van der Waals surface area contributed by atoms with Gasteiger partial charge in [0.15, 0.2) is 0 Å². The van der Waals surface area contributed by atoms with E-state index in [1.807, 2.05) is 0 Å². The van der Waals surface area contributed by atoms with E-state index in [0.29, 0.717) is 24.2 Å². The zero-order valence-electron chi connectivity index (χ0n) is 10.3. The monoisotopic (exact) mass is 252 g/mol. The van der Waals surface area contributed by atoms with Gasteiger partial charge in [0.1, 0.15) is 11.9 Å². The van der Waals surface area contributed by atoms with Crippen molar-refractivity contribution >= 4 is 11.6 Å². The van der Waals surface area contributed by atoms with Crippen molar-refractivity contribution in [1.29, 1.82) is 0 Å². The molecule has 0 spiro atoms. The van der Waals surface area contributed by atoms with Crippen molar-refractivity contribution in [3.63, 3.8) is 0 Å². The summed E-state index contributed by atoms with van der Waals surface area (Å²) in [5.41, 5.74) is 6.40. The fourth-order valence-corrected chi connectivity index (χ4v) is 2.03. The van der Waals surface area contributed by atoms with Gasteiger partial charge in [-0.15, -0.1) is 0 Å². The van der Waals surface area contributed by atoms with Crippen LogP contribution in [0.4, 0.5) is 10.1 Å². The Bertz CT molecular complexity index is 451. The summed E-state index contributed by atoms with van der Waals surface area (Å²) < 4.78 is 18.8. The van der Waals surface area contributed by atoms with Gasteiger partial charge in [-0.05, 0) is 31.9 Å². The Morgan fingerprint density at radius 2 is 2.33 bits per heavy atom. The molecule has 0 saturated carbocycles. The van der Waals surface area contributed by atoms with Crippen molar-refractivity contribution in [3.8, 4) is 0 Å². The molecule has 4 nitrogen and oxygen atoms in total. The number of halogens is 1. The largest absolute Gasteiger partial charge is 0.364 e. The average molecular weight is 252 g/mol. The number of ether oxygens (including phenoxy) is 1. The smallest absolute Gasteiger partial charge is 0.253 e. The second-order valence-electron chi connectivity index (χ2n) is 4.46. The van der Waals surface area contributed by atoms with Gasteiger partial charge in [-0.2, -0.15) is 0 Å². The summed E-state index contributed by atoms with van der Waals surface area (Å²) in [6.07, 6.45) is 0.911. The van der Waals surface area contributed by atoms with Crippen LogP contribution in [0.3, 0.4) is 0 Å². The number of carbonyl (C=O) groups excluding carboxylic acids is 1.